The second-order valence-electron chi connectivity index (χ2n) is 23.5. The number of sulfonamides is 1. The van der Waals surface area contributed by atoms with E-state index in [9.17, 15) is 42.5 Å². The Morgan fingerprint density at radius 2 is 1.69 bits per heavy atom. The number of amides is 5. The Bertz CT molecular complexity index is 3790. The van der Waals surface area contributed by atoms with Gasteiger partial charge in [-0.05, 0) is 141 Å². The monoisotopic (exact) mass is 1240 g/mol. The number of hydrogen-bond acceptors (Lipinski definition) is 17. The van der Waals surface area contributed by atoms with Gasteiger partial charge in [0.1, 0.15) is 28.9 Å². The van der Waals surface area contributed by atoms with E-state index < -0.39 is 61.1 Å². The van der Waals surface area contributed by atoms with Crippen molar-refractivity contribution in [2.75, 3.05) is 88.1 Å². The third-order valence-electron chi connectivity index (χ3n) is 17.0. The molecule has 6 heterocycles. The van der Waals surface area contributed by atoms with E-state index in [4.69, 9.17) is 21.1 Å². The number of aromatic nitrogens is 2. The maximum Gasteiger partial charge on any atom is 0.293 e. The fourth-order valence-electron chi connectivity index (χ4n) is 12.1. The number of nitro groups is 1. The Morgan fingerprint density at radius 3 is 2.46 bits per heavy atom. The number of carbonyl (C=O) groups excluding carboxylic acids is 5. The number of ether oxygens (including phenoxy) is 2. The van der Waals surface area contributed by atoms with Crippen LogP contribution in [0.3, 0.4) is 0 Å². The molecule has 4 aromatic carbocycles. The zero-order chi connectivity index (χ0) is 61.0. The first-order valence-corrected chi connectivity index (χ1v) is 32.3. The van der Waals surface area contributed by atoms with Crippen LogP contribution >= 0.6 is 23.4 Å². The number of piperazine rings is 1. The quantitative estimate of drug-likeness (QED) is 0.0162. The minimum atomic E-state index is -4.64. The molecule has 4 N–H and O–H groups in total. The molecule has 1 atom stereocenters. The molecule has 24 heteroatoms. The van der Waals surface area contributed by atoms with Gasteiger partial charge in [0.15, 0.2) is 0 Å². The Kier molecular flexibility index (Phi) is 18.5. The maximum absolute atomic E-state index is 14.2. The third-order valence-corrected chi connectivity index (χ3v) is 19.7. The molecule has 0 spiro atoms. The summed E-state index contributed by atoms with van der Waals surface area (Å²) in [6.45, 7) is 12.2. The lowest BCUT2D eigenvalue weighted by Gasteiger charge is -2.39. The van der Waals surface area contributed by atoms with Crippen molar-refractivity contribution in [1.82, 2.24) is 34.7 Å². The van der Waals surface area contributed by atoms with E-state index in [2.05, 4.69) is 66.0 Å². The first-order valence-electron chi connectivity index (χ1n) is 29.4. The smallest absolute Gasteiger partial charge is 0.293 e. The number of fused-ring (bicyclic) bond motifs is 2. The maximum atomic E-state index is 14.2. The number of allylic oxidation sites excluding steroid dienone is 1. The van der Waals surface area contributed by atoms with E-state index in [-0.39, 0.29) is 52.3 Å². The van der Waals surface area contributed by atoms with E-state index in [0.717, 1.165) is 93.4 Å². The minimum Gasteiger partial charge on any atom is -0.455 e. The highest BCUT2D eigenvalue weighted by molar-refractivity contribution is 7.99. The van der Waals surface area contributed by atoms with Crippen LogP contribution in [0.25, 0.3) is 16.6 Å². The Morgan fingerprint density at radius 1 is 0.897 bits per heavy atom. The summed E-state index contributed by atoms with van der Waals surface area (Å²) in [4.78, 5) is 92.4. The van der Waals surface area contributed by atoms with Crippen molar-refractivity contribution in [2.45, 2.75) is 81.0 Å². The Balaban J connectivity index is 0.659. The normalized spacial score (nSPS) is 18.7. The lowest BCUT2D eigenvalue weighted by Crippen LogP contribution is -2.54. The van der Waals surface area contributed by atoms with Crippen LogP contribution in [0.15, 0.2) is 119 Å². The highest BCUT2D eigenvalue weighted by Crippen LogP contribution is 2.44. The van der Waals surface area contributed by atoms with Gasteiger partial charge in [0.05, 0.1) is 39.3 Å². The van der Waals surface area contributed by atoms with Gasteiger partial charge in [0.2, 0.25) is 11.8 Å². The van der Waals surface area contributed by atoms with Crippen molar-refractivity contribution in [3.8, 4) is 11.5 Å². The van der Waals surface area contributed by atoms with Crippen LogP contribution in [0.4, 0.5) is 17.1 Å². The third kappa shape index (κ3) is 14.2. The number of pyridine rings is 1. The Hall–Kier alpha value is -7.67. The van der Waals surface area contributed by atoms with Crippen molar-refractivity contribution < 1.29 is 46.8 Å². The molecule has 0 radical (unpaired) electrons. The molecule has 4 aliphatic heterocycles. The number of carbonyl (C=O) groups is 5. The lowest BCUT2D eigenvalue weighted by atomic mass is 9.72. The number of nitrogens with zero attached hydrogens (tertiary/aromatic N) is 6. The van der Waals surface area contributed by atoms with Crippen LogP contribution in [0.5, 0.6) is 11.5 Å². The molecule has 5 aliphatic rings. The predicted molar refractivity (Wildman–Crippen MR) is 332 cm³/mol. The fourth-order valence-corrected chi connectivity index (χ4v) is 14.2. The summed E-state index contributed by atoms with van der Waals surface area (Å²) in [5.74, 6) is -1.87. The van der Waals surface area contributed by atoms with E-state index in [1.54, 1.807) is 42.6 Å². The van der Waals surface area contributed by atoms with E-state index in [1.165, 1.54) is 52.9 Å². The van der Waals surface area contributed by atoms with E-state index in [1.807, 2.05) is 18.2 Å². The zero-order valence-electron chi connectivity index (χ0n) is 48.5. The number of imide groups is 2. The van der Waals surface area contributed by atoms with Gasteiger partial charge in [-0.25, -0.2) is 18.1 Å². The number of piperidine rings is 2. The van der Waals surface area contributed by atoms with Crippen LogP contribution in [-0.4, -0.2) is 151 Å². The SMILES string of the molecule is CC1(C)CCC(CN2CCN(c3ccc(C(=O)NS(=O)(=O)c4ccc(NCC5CCN(CCOCCCSc6cccc7c6C(=O)N(C6CCC(=O)NC6=O)C7=O)CC5)c([N+](=O)[O-])c4)c(Oc4cnc5[nH]ccc5c4)c3)CC2)=C(c2ccc(Cl)cc2)C1. The molecule has 3 fully saturated rings. The number of aromatic amines is 1. The topological polar surface area (TPSA) is 259 Å². The number of rotatable bonds is 22. The van der Waals surface area contributed by atoms with Crippen molar-refractivity contribution in [1.29, 1.82) is 0 Å². The largest absolute Gasteiger partial charge is 0.455 e. The lowest BCUT2D eigenvalue weighted by molar-refractivity contribution is -0.384. The Labute approximate surface area is 513 Å². The summed E-state index contributed by atoms with van der Waals surface area (Å²) in [7, 11) is -4.64. The van der Waals surface area contributed by atoms with Crippen LogP contribution in [0, 0.1) is 21.4 Å². The molecule has 21 nitrogen and oxygen atoms in total. The molecule has 5 amide bonds. The van der Waals surface area contributed by atoms with E-state index >= 15 is 0 Å². The molecule has 6 aromatic rings. The van der Waals surface area contributed by atoms with Crippen molar-refractivity contribution in [3.63, 3.8) is 0 Å². The highest BCUT2D eigenvalue weighted by Gasteiger charge is 2.46. The molecule has 87 heavy (non-hydrogen) atoms. The number of benzene rings is 4. The summed E-state index contributed by atoms with van der Waals surface area (Å²) in [6, 6.07) is 24.4. The number of halogens is 1. The molecular formula is C63H69ClN10O11S2. The van der Waals surface area contributed by atoms with Crippen LogP contribution in [0.2, 0.25) is 5.02 Å². The van der Waals surface area contributed by atoms with Gasteiger partial charge < -0.3 is 29.6 Å². The fraction of sp³-hybridized carbons (Fsp3) is 0.397. The first-order chi connectivity index (χ1) is 41.9. The first kappa shape index (κ1) is 61.0. The summed E-state index contributed by atoms with van der Waals surface area (Å²) < 4.78 is 42.4. The van der Waals surface area contributed by atoms with Crippen LogP contribution in [-0.2, 0) is 24.3 Å². The van der Waals surface area contributed by atoms with Gasteiger partial charge in [0.25, 0.3) is 33.4 Å². The van der Waals surface area contributed by atoms with Crippen molar-refractivity contribution in [3.05, 3.63) is 146 Å². The average Bonchev–Trinajstić information content (AvgIpc) is 1.82. The van der Waals surface area contributed by atoms with Gasteiger partial charge in [-0.2, -0.15) is 0 Å². The van der Waals surface area contributed by atoms with E-state index in [0.29, 0.717) is 66.3 Å². The van der Waals surface area contributed by atoms with Crippen molar-refractivity contribution in [2.24, 2.45) is 11.3 Å². The molecule has 0 bridgehead atoms. The number of nitrogens with one attached hydrogen (secondary N) is 4. The summed E-state index contributed by atoms with van der Waals surface area (Å²) in [6.07, 6.45) is 8.89. The molecule has 456 valence electrons. The molecule has 3 saturated heterocycles. The molecule has 1 aliphatic carbocycles. The van der Waals surface area contributed by atoms with Gasteiger partial charge in [0, 0.05) is 104 Å². The average molecular weight is 1240 g/mol. The number of anilines is 2. The molecule has 11 rings (SSSR count). The van der Waals surface area contributed by atoms with Gasteiger partial charge in [-0.3, -0.25) is 49.2 Å². The molecule has 1 unspecified atom stereocenters. The van der Waals surface area contributed by atoms with Crippen molar-refractivity contribution >= 4 is 96.6 Å². The zero-order valence-corrected chi connectivity index (χ0v) is 50.9. The molecular weight excluding hydrogens is 1170 g/mol. The summed E-state index contributed by atoms with van der Waals surface area (Å²) in [5, 5.41) is 19.4. The van der Waals surface area contributed by atoms with Gasteiger partial charge in [-0.15, -0.1) is 11.8 Å². The second kappa shape index (κ2) is 26.3. The molecule has 0 saturated carbocycles. The van der Waals surface area contributed by atoms with Crippen LogP contribution < -0.4 is 25.0 Å². The van der Waals surface area contributed by atoms with Gasteiger partial charge in [-0.1, -0.05) is 49.2 Å². The summed E-state index contributed by atoms with van der Waals surface area (Å²) in [5.41, 5.74) is 5.86. The second-order valence-corrected chi connectivity index (χ2v) is 26.8. The van der Waals surface area contributed by atoms with Crippen LogP contribution in [0.1, 0.15) is 102 Å². The minimum absolute atomic E-state index is 0.0508. The number of thioether (sulfide) groups is 1. The summed E-state index contributed by atoms with van der Waals surface area (Å²) >= 11 is 7.71. The predicted octanol–water partition coefficient (Wildman–Crippen LogP) is 9.55. The number of nitro benzene ring substituents is 1. The number of likely N-dealkylation sites (tertiary alicyclic amines) is 1. The van der Waals surface area contributed by atoms with Gasteiger partial charge >= 0.3 is 0 Å². The number of H-pyrrole nitrogens is 1. The molecule has 2 aromatic heterocycles. The standard InChI is InChI=1S/C63H69ClN10O11S2/c1-63(2)21-17-43(50(36-63)41-7-9-44(64)10-8-41)39-71-25-27-72(28-26-71)45-11-13-48(54(34-45)85-46-33-42-18-22-65-58(42)67-38-46)59(76)69-87(82,83)47-12-14-51(53(35-47)74(80)81)66-37-40-19-23-70(24-20-40)29-31-84-30-4-32-86-55-6-3-5-49-57(55)62(79)73(61(49)78)52-15-16-56(75)68-60(52)77/h3,5-14,18,22,33-35,38,40,52,66H,4,15-17,19-21,23-32,36-37,39H2,1-2H3,(H,65,67)(H,69,76)(H,68,75,77). The number of hydrogen-bond donors (Lipinski definition) is 4. The highest BCUT2D eigenvalue weighted by atomic mass is 35.5.